The lowest BCUT2D eigenvalue weighted by Gasteiger charge is -2.38. The van der Waals surface area contributed by atoms with Gasteiger partial charge in [0.2, 0.25) is 0 Å². The van der Waals surface area contributed by atoms with Crippen molar-refractivity contribution in [1.29, 1.82) is 0 Å². The standard InChI is InChI=1S/C16H31NO2/c1-3-4-8-14(2)15(12-19-13-18)11-16(17)9-6-5-7-10-16/h13-15H,3-12,17H2,1-2H3. The summed E-state index contributed by atoms with van der Waals surface area (Å²) in [4.78, 5) is 10.5. The lowest BCUT2D eigenvalue weighted by atomic mass is 9.73. The molecule has 0 aliphatic heterocycles. The predicted molar refractivity (Wildman–Crippen MR) is 78.8 cm³/mol. The van der Waals surface area contributed by atoms with Gasteiger partial charge in [-0.1, -0.05) is 52.4 Å². The van der Waals surface area contributed by atoms with E-state index >= 15 is 0 Å². The number of carbonyl (C=O) groups is 1. The van der Waals surface area contributed by atoms with Crippen LogP contribution in [0.5, 0.6) is 0 Å². The molecule has 1 aliphatic carbocycles. The SMILES string of the molecule is CCCCC(C)C(COC=O)CC1(N)CCCCC1. The second-order valence-electron chi connectivity index (χ2n) is 6.44. The first-order chi connectivity index (χ1) is 9.11. The van der Waals surface area contributed by atoms with Crippen LogP contribution < -0.4 is 5.73 Å². The maximum atomic E-state index is 10.5. The molecule has 0 spiro atoms. The highest BCUT2D eigenvalue weighted by Gasteiger charge is 2.32. The summed E-state index contributed by atoms with van der Waals surface area (Å²) in [6.45, 7) is 5.60. The van der Waals surface area contributed by atoms with Crippen molar-refractivity contribution in [3.8, 4) is 0 Å². The summed E-state index contributed by atoms with van der Waals surface area (Å²) in [5, 5.41) is 0. The first-order valence-corrected chi connectivity index (χ1v) is 7.95. The highest BCUT2D eigenvalue weighted by molar-refractivity contribution is 5.36. The zero-order valence-electron chi connectivity index (χ0n) is 12.7. The molecule has 112 valence electrons. The third-order valence-electron chi connectivity index (χ3n) is 4.71. The molecule has 0 aromatic carbocycles. The van der Waals surface area contributed by atoms with Gasteiger partial charge in [0.15, 0.2) is 0 Å². The molecule has 2 N–H and O–H groups in total. The molecule has 1 fully saturated rings. The van der Waals surface area contributed by atoms with E-state index in [1.807, 2.05) is 0 Å². The second kappa shape index (κ2) is 8.57. The van der Waals surface area contributed by atoms with Crippen molar-refractivity contribution < 1.29 is 9.53 Å². The molecule has 1 aliphatic rings. The number of hydrogen-bond acceptors (Lipinski definition) is 3. The zero-order valence-corrected chi connectivity index (χ0v) is 12.7. The van der Waals surface area contributed by atoms with Gasteiger partial charge in [-0.15, -0.1) is 0 Å². The number of nitrogens with two attached hydrogens (primary N) is 1. The largest absolute Gasteiger partial charge is 0.468 e. The van der Waals surface area contributed by atoms with E-state index in [0.717, 1.165) is 19.3 Å². The lowest BCUT2D eigenvalue weighted by molar-refractivity contribution is -0.130. The Labute approximate surface area is 118 Å². The van der Waals surface area contributed by atoms with E-state index in [9.17, 15) is 4.79 Å². The fourth-order valence-electron chi connectivity index (χ4n) is 3.33. The van der Waals surface area contributed by atoms with Gasteiger partial charge in [0.25, 0.3) is 6.47 Å². The highest BCUT2D eigenvalue weighted by atomic mass is 16.5. The molecular weight excluding hydrogens is 238 g/mol. The topological polar surface area (TPSA) is 52.3 Å². The summed E-state index contributed by atoms with van der Waals surface area (Å²) in [5.74, 6) is 1.00. The van der Waals surface area contributed by atoms with Crippen molar-refractivity contribution in [1.82, 2.24) is 0 Å². The third kappa shape index (κ3) is 5.94. The fourth-order valence-corrected chi connectivity index (χ4v) is 3.33. The van der Waals surface area contributed by atoms with Crippen LogP contribution in [0.25, 0.3) is 0 Å². The van der Waals surface area contributed by atoms with E-state index in [2.05, 4.69) is 13.8 Å². The summed E-state index contributed by atoms with van der Waals surface area (Å²) in [6.07, 6.45) is 10.8. The Bertz CT molecular complexity index is 249. The van der Waals surface area contributed by atoms with Crippen LogP contribution in [0.2, 0.25) is 0 Å². The molecule has 0 aromatic rings. The van der Waals surface area contributed by atoms with E-state index in [1.54, 1.807) is 0 Å². The monoisotopic (exact) mass is 269 g/mol. The number of carbonyl (C=O) groups excluding carboxylic acids is 1. The molecule has 0 radical (unpaired) electrons. The number of unbranched alkanes of at least 4 members (excludes halogenated alkanes) is 1. The smallest absolute Gasteiger partial charge is 0.293 e. The Balaban J connectivity index is 2.53. The molecular formula is C16H31NO2. The average molecular weight is 269 g/mol. The van der Waals surface area contributed by atoms with Crippen molar-refractivity contribution in [3.05, 3.63) is 0 Å². The van der Waals surface area contributed by atoms with Crippen molar-refractivity contribution in [2.24, 2.45) is 17.6 Å². The quantitative estimate of drug-likeness (QED) is 0.650. The molecule has 3 heteroatoms. The molecule has 0 bridgehead atoms. The predicted octanol–water partition coefficient (Wildman–Crippen LogP) is 3.65. The molecule has 1 rings (SSSR count). The maximum Gasteiger partial charge on any atom is 0.293 e. The first kappa shape index (κ1) is 16.5. The van der Waals surface area contributed by atoms with Gasteiger partial charge in [-0.2, -0.15) is 0 Å². The Morgan fingerprint density at radius 2 is 2.00 bits per heavy atom. The first-order valence-electron chi connectivity index (χ1n) is 7.95. The van der Waals surface area contributed by atoms with Crippen LogP contribution in [0, 0.1) is 11.8 Å². The van der Waals surface area contributed by atoms with Crippen molar-refractivity contribution >= 4 is 6.47 Å². The number of rotatable bonds is 9. The van der Waals surface area contributed by atoms with E-state index in [-0.39, 0.29) is 5.54 Å². The summed E-state index contributed by atoms with van der Waals surface area (Å²) >= 11 is 0. The van der Waals surface area contributed by atoms with Gasteiger partial charge in [-0.3, -0.25) is 4.79 Å². The Morgan fingerprint density at radius 3 is 2.58 bits per heavy atom. The molecule has 0 saturated heterocycles. The van der Waals surface area contributed by atoms with Crippen LogP contribution >= 0.6 is 0 Å². The van der Waals surface area contributed by atoms with Gasteiger partial charge in [0, 0.05) is 5.54 Å². The molecule has 0 amide bonds. The van der Waals surface area contributed by atoms with Gasteiger partial charge in [-0.05, 0) is 31.1 Å². The molecule has 0 aromatic heterocycles. The van der Waals surface area contributed by atoms with E-state index in [1.165, 1.54) is 38.5 Å². The fraction of sp³-hybridized carbons (Fsp3) is 0.938. The molecule has 2 unspecified atom stereocenters. The third-order valence-corrected chi connectivity index (χ3v) is 4.71. The molecule has 1 saturated carbocycles. The molecule has 2 atom stereocenters. The van der Waals surface area contributed by atoms with Crippen molar-refractivity contribution in [2.75, 3.05) is 6.61 Å². The van der Waals surface area contributed by atoms with Crippen molar-refractivity contribution in [3.63, 3.8) is 0 Å². The normalized spacial score (nSPS) is 21.6. The molecule has 19 heavy (non-hydrogen) atoms. The van der Waals surface area contributed by atoms with E-state index in [4.69, 9.17) is 10.5 Å². The summed E-state index contributed by atoms with van der Waals surface area (Å²) in [6, 6.07) is 0. The Morgan fingerprint density at radius 1 is 1.32 bits per heavy atom. The van der Waals surface area contributed by atoms with Gasteiger partial charge in [0.1, 0.15) is 0 Å². The van der Waals surface area contributed by atoms with Gasteiger partial charge in [-0.25, -0.2) is 0 Å². The summed E-state index contributed by atoms with van der Waals surface area (Å²) in [5.41, 5.74) is 6.54. The molecule has 0 heterocycles. The minimum Gasteiger partial charge on any atom is -0.468 e. The summed E-state index contributed by atoms with van der Waals surface area (Å²) in [7, 11) is 0. The minimum absolute atomic E-state index is 0.0182. The van der Waals surface area contributed by atoms with Crippen LogP contribution in [0.15, 0.2) is 0 Å². The van der Waals surface area contributed by atoms with Crippen LogP contribution in [-0.2, 0) is 9.53 Å². The highest BCUT2D eigenvalue weighted by Crippen LogP contribution is 2.34. The van der Waals surface area contributed by atoms with E-state index < -0.39 is 0 Å². The van der Waals surface area contributed by atoms with E-state index in [0.29, 0.717) is 24.9 Å². The van der Waals surface area contributed by atoms with Gasteiger partial charge >= 0.3 is 0 Å². The number of hydrogen-bond donors (Lipinski definition) is 1. The molecule has 3 nitrogen and oxygen atoms in total. The second-order valence-corrected chi connectivity index (χ2v) is 6.44. The van der Waals surface area contributed by atoms with Crippen LogP contribution in [0.4, 0.5) is 0 Å². The van der Waals surface area contributed by atoms with Crippen molar-refractivity contribution in [2.45, 2.75) is 77.2 Å². The average Bonchev–Trinajstić information content (AvgIpc) is 2.41. The number of ether oxygens (including phenoxy) is 1. The van der Waals surface area contributed by atoms with Crippen LogP contribution in [0.3, 0.4) is 0 Å². The van der Waals surface area contributed by atoms with Gasteiger partial charge < -0.3 is 10.5 Å². The van der Waals surface area contributed by atoms with Gasteiger partial charge in [0.05, 0.1) is 6.61 Å². The lowest BCUT2D eigenvalue weighted by Crippen LogP contribution is -2.45. The summed E-state index contributed by atoms with van der Waals surface area (Å²) < 4.78 is 5.05. The Hall–Kier alpha value is -0.570. The maximum absolute atomic E-state index is 10.5. The Kier molecular flexibility index (Phi) is 7.44. The van der Waals surface area contributed by atoms with Crippen LogP contribution in [0.1, 0.15) is 71.6 Å². The zero-order chi connectivity index (χ0) is 14.1. The van der Waals surface area contributed by atoms with Crippen LogP contribution in [-0.4, -0.2) is 18.6 Å². The minimum atomic E-state index is -0.0182.